The molecule has 0 aromatic carbocycles. The Morgan fingerprint density at radius 1 is 1.70 bits per heavy atom. The Hall–Kier alpha value is 0.520. The third-order valence-corrected chi connectivity index (χ3v) is 0.856. The molecule has 0 radical (unpaired) electrons. The van der Waals surface area contributed by atoms with Crippen molar-refractivity contribution in [3.8, 4) is 0 Å². The number of nitrogens with zero attached hydrogens (tertiary/aromatic N) is 3. The van der Waals surface area contributed by atoms with Crippen molar-refractivity contribution in [2.75, 3.05) is 6.67 Å². The maximum atomic E-state index is 10.3. The summed E-state index contributed by atoms with van der Waals surface area (Å²) >= 11 is 5.33. The third-order valence-electron chi connectivity index (χ3n) is 0.662. The van der Waals surface area contributed by atoms with E-state index in [0.717, 1.165) is 0 Å². The molecule has 0 aromatic rings. The van der Waals surface area contributed by atoms with Gasteiger partial charge in [-0.1, -0.05) is 0 Å². The zero-order chi connectivity index (χ0) is 5.98. The number of hydrogen-bond donors (Lipinski definition) is 0. The first kappa shape index (κ1) is 13.1. The standard InChI is InChI=1S/C3H4ClN3O.ClH.Na/c4-6-1-5-2-7(8)3-6;;/h1-2H,3H2;1H;/q;;+1/p-1. The minimum absolute atomic E-state index is 0. The molecule has 1 aliphatic rings. The third kappa shape index (κ3) is 4.35. The van der Waals surface area contributed by atoms with Crippen molar-refractivity contribution < 1.29 is 46.7 Å². The number of rotatable bonds is 0. The van der Waals surface area contributed by atoms with Gasteiger partial charge in [0.2, 0.25) is 6.34 Å². The topological polar surface area (TPSA) is 41.7 Å². The molecule has 7 heteroatoms. The van der Waals surface area contributed by atoms with Crippen LogP contribution in [-0.4, -0.2) is 28.5 Å². The summed E-state index contributed by atoms with van der Waals surface area (Å²) in [6, 6.07) is 0. The molecule has 1 rings (SSSR count). The number of aliphatic imine (C=N–C) groups is 1. The molecule has 0 N–H and O–H groups in total. The van der Waals surface area contributed by atoms with Crippen molar-refractivity contribution in [2.45, 2.75) is 0 Å². The first-order valence-electron chi connectivity index (χ1n) is 2.02. The smallest absolute Gasteiger partial charge is 1.00 e. The number of hydrogen-bond acceptors (Lipinski definition) is 3. The van der Waals surface area contributed by atoms with E-state index in [0.29, 0.717) is 4.74 Å². The van der Waals surface area contributed by atoms with Crippen LogP contribution >= 0.6 is 11.8 Å². The molecule has 0 unspecified atom stereocenters. The van der Waals surface area contributed by atoms with Crippen LogP contribution in [0.1, 0.15) is 0 Å². The van der Waals surface area contributed by atoms with E-state index in [1.54, 1.807) is 0 Å². The van der Waals surface area contributed by atoms with Gasteiger partial charge in [0.25, 0.3) is 6.34 Å². The van der Waals surface area contributed by atoms with Crippen LogP contribution in [0, 0.1) is 5.21 Å². The monoisotopic (exact) mass is 191 g/mol. The Bertz CT molecular complexity index is 151. The fraction of sp³-hybridized carbons (Fsp3) is 0.333. The Balaban J connectivity index is 0. The van der Waals surface area contributed by atoms with Crippen LogP contribution < -0.4 is 42.0 Å². The van der Waals surface area contributed by atoms with Crippen LogP contribution in [0.2, 0.25) is 0 Å². The molecule has 0 atom stereocenters. The van der Waals surface area contributed by atoms with Gasteiger partial charge in [0.1, 0.15) is 0 Å². The maximum Gasteiger partial charge on any atom is 1.00 e. The van der Waals surface area contributed by atoms with Crippen LogP contribution in [0.25, 0.3) is 0 Å². The summed E-state index contributed by atoms with van der Waals surface area (Å²) in [7, 11) is 0. The Morgan fingerprint density at radius 2 is 2.30 bits per heavy atom. The van der Waals surface area contributed by atoms with Gasteiger partial charge in [-0.2, -0.15) is 0 Å². The summed E-state index contributed by atoms with van der Waals surface area (Å²) in [5.41, 5.74) is 0. The Morgan fingerprint density at radius 3 is 2.60 bits per heavy atom. The van der Waals surface area contributed by atoms with E-state index >= 15 is 0 Å². The van der Waals surface area contributed by atoms with Gasteiger partial charge < -0.3 is 17.6 Å². The molecule has 10 heavy (non-hydrogen) atoms. The van der Waals surface area contributed by atoms with Crippen LogP contribution in [-0.2, 0) is 0 Å². The first-order chi connectivity index (χ1) is 3.79. The summed E-state index contributed by atoms with van der Waals surface area (Å²) < 4.78 is 1.81. The molecule has 1 aliphatic heterocycles. The van der Waals surface area contributed by atoms with Gasteiger partial charge in [0.05, 0.1) is 0 Å². The van der Waals surface area contributed by atoms with Crippen molar-refractivity contribution in [3.63, 3.8) is 0 Å². The second-order valence-corrected chi connectivity index (χ2v) is 1.77. The molecule has 0 aliphatic carbocycles. The Kier molecular flexibility index (Phi) is 8.20. The molecule has 0 bridgehead atoms. The van der Waals surface area contributed by atoms with Gasteiger partial charge >= 0.3 is 29.6 Å². The molecule has 0 fully saturated rings. The molecule has 0 amide bonds. The maximum absolute atomic E-state index is 10.3. The van der Waals surface area contributed by atoms with Gasteiger partial charge in [-0.15, -0.1) is 0 Å². The van der Waals surface area contributed by atoms with E-state index in [1.807, 2.05) is 0 Å². The molecule has 0 aromatic heterocycles. The van der Waals surface area contributed by atoms with E-state index in [1.165, 1.54) is 17.1 Å². The largest absolute Gasteiger partial charge is 1.00 e. The number of hydroxylamine groups is 1. The zero-order valence-corrected chi connectivity index (χ0v) is 8.88. The first-order valence-corrected chi connectivity index (χ1v) is 2.35. The second-order valence-electron chi connectivity index (χ2n) is 1.34. The SMILES string of the molecule is [Cl-].[Na+].[O-][N+]1=CN=CN(Cl)C1. The molecule has 0 saturated carbocycles. The predicted octanol–water partition coefficient (Wildman–Crippen LogP) is -6.01. The van der Waals surface area contributed by atoms with Crippen molar-refractivity contribution >= 4 is 24.5 Å². The average molecular weight is 192 g/mol. The molecule has 52 valence electrons. The summed E-state index contributed by atoms with van der Waals surface area (Å²) in [5, 5.41) is 10.3. The summed E-state index contributed by atoms with van der Waals surface area (Å²) in [5.74, 6) is 0. The quantitative estimate of drug-likeness (QED) is 0.166. The van der Waals surface area contributed by atoms with Gasteiger partial charge in [-0.3, -0.25) is 4.74 Å². The van der Waals surface area contributed by atoms with E-state index < -0.39 is 0 Å². The van der Waals surface area contributed by atoms with Crippen LogP contribution in [0.4, 0.5) is 0 Å². The minimum Gasteiger partial charge on any atom is -1.00 e. The van der Waals surface area contributed by atoms with Crippen molar-refractivity contribution in [2.24, 2.45) is 4.99 Å². The molecule has 4 nitrogen and oxygen atoms in total. The number of halogens is 2. The minimum atomic E-state index is 0. The van der Waals surface area contributed by atoms with E-state index in [4.69, 9.17) is 11.8 Å². The normalized spacial score (nSPS) is 14.9. The fourth-order valence-corrected chi connectivity index (χ4v) is 0.538. The molecule has 0 spiro atoms. The summed E-state index contributed by atoms with van der Waals surface area (Å²) in [6.45, 7) is 0.144. The van der Waals surface area contributed by atoms with Crippen molar-refractivity contribution in [3.05, 3.63) is 5.21 Å². The fourth-order valence-electron chi connectivity index (χ4n) is 0.383. The molecular weight excluding hydrogens is 188 g/mol. The molecular formula is C3H4Cl2N3NaO. The average Bonchev–Trinajstić information content (AvgIpc) is 1.64. The van der Waals surface area contributed by atoms with Gasteiger partial charge in [-0.05, 0) is 4.99 Å². The van der Waals surface area contributed by atoms with E-state index in [-0.39, 0.29) is 48.6 Å². The molecule has 1 heterocycles. The van der Waals surface area contributed by atoms with Gasteiger partial charge in [-0.25, -0.2) is 4.42 Å². The van der Waals surface area contributed by atoms with Crippen LogP contribution in [0.5, 0.6) is 0 Å². The van der Waals surface area contributed by atoms with Gasteiger partial charge in [0.15, 0.2) is 6.67 Å². The van der Waals surface area contributed by atoms with Crippen molar-refractivity contribution in [1.29, 1.82) is 0 Å². The molecule has 0 saturated heterocycles. The Labute approximate surface area is 92.0 Å². The second kappa shape index (κ2) is 6.24. The predicted molar refractivity (Wildman–Crippen MR) is 30.7 cm³/mol. The van der Waals surface area contributed by atoms with Crippen molar-refractivity contribution in [1.82, 2.24) is 4.42 Å². The van der Waals surface area contributed by atoms with E-state index in [9.17, 15) is 5.21 Å². The van der Waals surface area contributed by atoms with E-state index in [2.05, 4.69) is 4.99 Å². The zero-order valence-electron chi connectivity index (χ0n) is 5.37. The van der Waals surface area contributed by atoms with Gasteiger partial charge in [0, 0.05) is 11.8 Å². The summed E-state index contributed by atoms with van der Waals surface area (Å²) in [6.07, 6.45) is 2.54. The van der Waals surface area contributed by atoms with Crippen LogP contribution in [0.15, 0.2) is 4.99 Å². The summed E-state index contributed by atoms with van der Waals surface area (Å²) in [4.78, 5) is 3.50. The van der Waals surface area contributed by atoms with Crippen LogP contribution in [0.3, 0.4) is 0 Å².